The summed E-state index contributed by atoms with van der Waals surface area (Å²) in [5.74, 6) is 0. The molecule has 100 valence electrons. The minimum Gasteiger partial charge on any atom is -0.379 e. The van der Waals surface area contributed by atoms with Crippen LogP contribution in [0.2, 0.25) is 0 Å². The molecule has 17 heavy (non-hydrogen) atoms. The van der Waals surface area contributed by atoms with E-state index in [1.165, 1.54) is 0 Å². The van der Waals surface area contributed by atoms with Gasteiger partial charge in [-0.25, -0.2) is 0 Å². The van der Waals surface area contributed by atoms with Crippen LogP contribution in [-0.2, 0) is 19.0 Å². The molecule has 1 saturated carbocycles. The molecule has 0 aromatic carbocycles. The van der Waals surface area contributed by atoms with Crippen molar-refractivity contribution in [2.75, 3.05) is 32.6 Å². The summed E-state index contributed by atoms with van der Waals surface area (Å²) in [4.78, 5) is 2.32. The van der Waals surface area contributed by atoms with Crippen molar-refractivity contribution < 1.29 is 17.3 Å². The number of morpholine rings is 1. The van der Waals surface area contributed by atoms with Crippen LogP contribution < -0.4 is 0 Å². The van der Waals surface area contributed by atoms with E-state index in [4.69, 9.17) is 8.92 Å². The molecule has 1 saturated heterocycles. The summed E-state index contributed by atoms with van der Waals surface area (Å²) < 4.78 is 33.1. The standard InChI is InChI=1S/C11H21NO4S/c1-17(13,14)16-11-5-3-2-4-10(11)12-6-8-15-9-7-12/h10-11H,2-9H2,1H3/t10-,11-/m1/s1. The molecule has 1 aliphatic heterocycles. The second-order valence-electron chi connectivity index (χ2n) is 4.84. The summed E-state index contributed by atoms with van der Waals surface area (Å²) in [6, 6.07) is 0.238. The van der Waals surface area contributed by atoms with Gasteiger partial charge in [0.15, 0.2) is 0 Å². The first kappa shape index (κ1) is 13.3. The van der Waals surface area contributed by atoms with Crippen molar-refractivity contribution in [3.8, 4) is 0 Å². The first-order valence-corrected chi connectivity index (χ1v) is 8.08. The van der Waals surface area contributed by atoms with Crippen molar-refractivity contribution in [3.63, 3.8) is 0 Å². The van der Waals surface area contributed by atoms with Gasteiger partial charge in [-0.1, -0.05) is 12.8 Å². The summed E-state index contributed by atoms with van der Waals surface area (Å²) in [6.45, 7) is 3.24. The number of nitrogens with zero attached hydrogens (tertiary/aromatic N) is 1. The van der Waals surface area contributed by atoms with Gasteiger partial charge in [-0.2, -0.15) is 8.42 Å². The zero-order valence-corrected chi connectivity index (χ0v) is 11.1. The average Bonchev–Trinajstić information content (AvgIpc) is 2.29. The van der Waals surface area contributed by atoms with E-state index < -0.39 is 10.1 Å². The third-order valence-corrected chi connectivity index (χ3v) is 4.08. The Balaban J connectivity index is 2.00. The lowest BCUT2D eigenvalue weighted by Crippen LogP contribution is -2.51. The SMILES string of the molecule is CS(=O)(=O)O[C@@H]1CCCC[C@H]1N1CCOCC1. The molecule has 2 fully saturated rings. The van der Waals surface area contributed by atoms with Crippen LogP contribution >= 0.6 is 0 Å². The van der Waals surface area contributed by atoms with Crippen LogP contribution in [0.1, 0.15) is 25.7 Å². The Hall–Kier alpha value is -0.170. The van der Waals surface area contributed by atoms with Crippen molar-refractivity contribution in [1.82, 2.24) is 4.90 Å². The van der Waals surface area contributed by atoms with Gasteiger partial charge in [0.2, 0.25) is 0 Å². The van der Waals surface area contributed by atoms with E-state index in [-0.39, 0.29) is 12.1 Å². The largest absolute Gasteiger partial charge is 0.379 e. The molecule has 0 aromatic rings. The van der Waals surface area contributed by atoms with Crippen molar-refractivity contribution >= 4 is 10.1 Å². The lowest BCUT2D eigenvalue weighted by Gasteiger charge is -2.40. The van der Waals surface area contributed by atoms with Gasteiger partial charge in [0, 0.05) is 19.1 Å². The molecule has 1 aliphatic carbocycles. The molecular weight excluding hydrogens is 242 g/mol. The predicted octanol–water partition coefficient (Wildman–Crippen LogP) is 0.606. The zero-order valence-electron chi connectivity index (χ0n) is 10.3. The Morgan fingerprint density at radius 3 is 2.47 bits per heavy atom. The molecule has 0 amide bonds. The molecule has 0 bridgehead atoms. The Morgan fingerprint density at radius 1 is 1.18 bits per heavy atom. The summed E-state index contributed by atoms with van der Waals surface area (Å²) >= 11 is 0. The third-order valence-electron chi connectivity index (χ3n) is 3.48. The monoisotopic (exact) mass is 263 g/mol. The van der Waals surface area contributed by atoms with E-state index in [0.29, 0.717) is 0 Å². The Morgan fingerprint density at radius 2 is 1.82 bits per heavy atom. The van der Waals surface area contributed by atoms with E-state index in [9.17, 15) is 8.42 Å². The first-order chi connectivity index (χ1) is 8.06. The Bertz CT molecular complexity index is 337. The van der Waals surface area contributed by atoms with E-state index in [1.807, 2.05) is 0 Å². The summed E-state index contributed by atoms with van der Waals surface area (Å²) in [5, 5.41) is 0. The third kappa shape index (κ3) is 3.91. The van der Waals surface area contributed by atoms with Gasteiger partial charge < -0.3 is 4.74 Å². The molecule has 0 N–H and O–H groups in total. The van der Waals surface area contributed by atoms with Crippen molar-refractivity contribution in [1.29, 1.82) is 0 Å². The van der Waals surface area contributed by atoms with E-state index in [2.05, 4.69) is 4.90 Å². The lowest BCUT2D eigenvalue weighted by atomic mass is 9.91. The maximum Gasteiger partial charge on any atom is 0.264 e. The predicted molar refractivity (Wildman–Crippen MR) is 64.4 cm³/mol. The second-order valence-corrected chi connectivity index (χ2v) is 6.44. The van der Waals surface area contributed by atoms with Crippen LogP contribution in [0.25, 0.3) is 0 Å². The maximum atomic E-state index is 11.3. The van der Waals surface area contributed by atoms with E-state index in [0.717, 1.165) is 58.2 Å². The molecule has 0 aromatic heterocycles. The molecule has 0 unspecified atom stereocenters. The van der Waals surface area contributed by atoms with Crippen LogP contribution in [-0.4, -0.2) is 58.0 Å². The molecule has 1 heterocycles. The normalized spacial score (nSPS) is 32.5. The Labute approximate surface area is 103 Å². The first-order valence-electron chi connectivity index (χ1n) is 6.26. The van der Waals surface area contributed by atoms with Crippen LogP contribution in [0.3, 0.4) is 0 Å². The molecule has 5 nitrogen and oxygen atoms in total. The van der Waals surface area contributed by atoms with Gasteiger partial charge in [0.1, 0.15) is 0 Å². The minimum absolute atomic E-state index is 0.170. The van der Waals surface area contributed by atoms with E-state index >= 15 is 0 Å². The molecule has 2 aliphatic rings. The molecule has 2 atom stereocenters. The Kier molecular flexibility index (Phi) is 4.41. The summed E-state index contributed by atoms with van der Waals surface area (Å²) in [7, 11) is -3.35. The van der Waals surface area contributed by atoms with Gasteiger partial charge in [-0.15, -0.1) is 0 Å². The van der Waals surface area contributed by atoms with Gasteiger partial charge in [-0.05, 0) is 12.8 Å². The number of hydrogen-bond acceptors (Lipinski definition) is 5. The van der Waals surface area contributed by atoms with Crippen molar-refractivity contribution in [2.45, 2.75) is 37.8 Å². The van der Waals surface area contributed by atoms with Crippen LogP contribution in [0, 0.1) is 0 Å². The number of rotatable bonds is 3. The van der Waals surface area contributed by atoms with Crippen LogP contribution in [0.5, 0.6) is 0 Å². The highest BCUT2D eigenvalue weighted by molar-refractivity contribution is 7.86. The highest BCUT2D eigenvalue weighted by atomic mass is 32.2. The van der Waals surface area contributed by atoms with E-state index in [1.54, 1.807) is 0 Å². The second kappa shape index (κ2) is 5.65. The van der Waals surface area contributed by atoms with Crippen LogP contribution in [0.4, 0.5) is 0 Å². The lowest BCUT2D eigenvalue weighted by molar-refractivity contribution is -0.0263. The number of ether oxygens (including phenoxy) is 1. The average molecular weight is 263 g/mol. The zero-order chi connectivity index (χ0) is 12.3. The fourth-order valence-corrected chi connectivity index (χ4v) is 3.41. The molecule has 2 rings (SSSR count). The van der Waals surface area contributed by atoms with Gasteiger partial charge in [-0.3, -0.25) is 9.08 Å². The molecular formula is C11H21NO4S. The van der Waals surface area contributed by atoms with Gasteiger partial charge >= 0.3 is 0 Å². The topological polar surface area (TPSA) is 55.8 Å². The van der Waals surface area contributed by atoms with Crippen molar-refractivity contribution in [3.05, 3.63) is 0 Å². The fourth-order valence-electron chi connectivity index (χ4n) is 2.74. The fraction of sp³-hybridized carbons (Fsp3) is 1.00. The number of hydrogen-bond donors (Lipinski definition) is 0. The van der Waals surface area contributed by atoms with Crippen LogP contribution in [0.15, 0.2) is 0 Å². The molecule has 6 heteroatoms. The van der Waals surface area contributed by atoms with Gasteiger partial charge in [0.25, 0.3) is 10.1 Å². The highest BCUT2D eigenvalue weighted by Gasteiger charge is 2.33. The quantitative estimate of drug-likeness (QED) is 0.698. The highest BCUT2D eigenvalue weighted by Crippen LogP contribution is 2.27. The molecule has 0 radical (unpaired) electrons. The molecule has 0 spiro atoms. The van der Waals surface area contributed by atoms with Gasteiger partial charge in [0.05, 0.1) is 25.6 Å². The van der Waals surface area contributed by atoms with Crippen molar-refractivity contribution in [2.24, 2.45) is 0 Å². The smallest absolute Gasteiger partial charge is 0.264 e. The minimum atomic E-state index is -3.35. The maximum absolute atomic E-state index is 11.3. The summed E-state index contributed by atoms with van der Waals surface area (Å²) in [6.07, 6.45) is 5.05. The summed E-state index contributed by atoms with van der Waals surface area (Å²) in [5.41, 5.74) is 0.